The summed E-state index contributed by atoms with van der Waals surface area (Å²) in [6.45, 7) is 3.41. The number of pyridine rings is 1. The molecule has 9 heteroatoms. The fourth-order valence-electron chi connectivity index (χ4n) is 4.44. The van der Waals surface area contributed by atoms with E-state index in [0.717, 1.165) is 5.56 Å². The van der Waals surface area contributed by atoms with Crippen LogP contribution in [0.1, 0.15) is 44.5 Å². The van der Waals surface area contributed by atoms with Crippen LogP contribution in [-0.4, -0.2) is 51.9 Å². The molecule has 1 aliphatic rings. The maximum atomic E-state index is 13.3. The zero-order valence-electron chi connectivity index (χ0n) is 19.8. The molecule has 3 heterocycles. The SMILES string of the molecule is COC(=O)c1[nH]c(C)c(/C(O)=C2\C(=O)C(=O)N(Cc3cccnc3)[C@H]2c2cccc(OC)c2)c1C. The topological polar surface area (TPSA) is 122 Å². The molecule has 9 nitrogen and oxygen atoms in total. The van der Waals surface area contributed by atoms with Crippen LogP contribution in [0.25, 0.3) is 5.76 Å². The normalized spacial score (nSPS) is 17.0. The average molecular weight is 476 g/mol. The highest BCUT2D eigenvalue weighted by molar-refractivity contribution is 6.46. The number of aryl methyl sites for hydroxylation is 1. The number of hydrogen-bond donors (Lipinski definition) is 2. The molecular formula is C26H25N3O6. The number of carbonyl (C=O) groups is 3. The number of nitrogens with zero attached hydrogens (tertiary/aromatic N) is 2. The van der Waals surface area contributed by atoms with Crippen molar-refractivity contribution < 1.29 is 29.0 Å². The second-order valence-corrected chi connectivity index (χ2v) is 8.18. The van der Waals surface area contributed by atoms with Gasteiger partial charge in [0.1, 0.15) is 17.2 Å². The van der Waals surface area contributed by atoms with E-state index in [1.165, 1.54) is 19.1 Å². The molecule has 2 N–H and O–H groups in total. The Morgan fingerprint density at radius 3 is 2.60 bits per heavy atom. The Morgan fingerprint density at radius 1 is 1.17 bits per heavy atom. The lowest BCUT2D eigenvalue weighted by atomic mass is 9.94. The number of aromatic amines is 1. The van der Waals surface area contributed by atoms with E-state index < -0.39 is 23.7 Å². The van der Waals surface area contributed by atoms with E-state index in [4.69, 9.17) is 9.47 Å². The van der Waals surface area contributed by atoms with Crippen molar-refractivity contribution >= 4 is 23.4 Å². The number of rotatable bonds is 6. The predicted molar refractivity (Wildman–Crippen MR) is 127 cm³/mol. The highest BCUT2D eigenvalue weighted by atomic mass is 16.5. The van der Waals surface area contributed by atoms with Gasteiger partial charge in [0.25, 0.3) is 11.7 Å². The van der Waals surface area contributed by atoms with Crippen molar-refractivity contribution in [2.75, 3.05) is 14.2 Å². The first kappa shape index (κ1) is 23.7. The summed E-state index contributed by atoms with van der Waals surface area (Å²) in [6.07, 6.45) is 3.23. The lowest BCUT2D eigenvalue weighted by molar-refractivity contribution is -0.140. The molecular weight excluding hydrogens is 450 g/mol. The zero-order chi connectivity index (χ0) is 25.3. The molecule has 0 spiro atoms. The van der Waals surface area contributed by atoms with Gasteiger partial charge in [-0.2, -0.15) is 0 Å². The van der Waals surface area contributed by atoms with Gasteiger partial charge < -0.3 is 24.5 Å². The Labute approximate surface area is 202 Å². The summed E-state index contributed by atoms with van der Waals surface area (Å²) in [5.74, 6) is -2.00. The van der Waals surface area contributed by atoms with E-state index in [9.17, 15) is 19.5 Å². The van der Waals surface area contributed by atoms with E-state index in [0.29, 0.717) is 22.6 Å². The number of esters is 1. The predicted octanol–water partition coefficient (Wildman–Crippen LogP) is 3.44. The number of aliphatic hydroxyl groups is 1. The molecule has 0 unspecified atom stereocenters. The minimum absolute atomic E-state index is 0.0752. The highest BCUT2D eigenvalue weighted by Gasteiger charge is 2.46. The maximum Gasteiger partial charge on any atom is 0.354 e. The van der Waals surface area contributed by atoms with Crippen LogP contribution in [0.4, 0.5) is 0 Å². The number of nitrogens with one attached hydrogen (secondary N) is 1. The molecule has 0 aliphatic carbocycles. The number of ketones is 1. The number of Topliss-reactive ketones (excluding diaryl/α,β-unsaturated/α-hetero) is 1. The number of ether oxygens (including phenoxy) is 2. The second-order valence-electron chi connectivity index (χ2n) is 8.18. The third kappa shape index (κ3) is 4.16. The summed E-state index contributed by atoms with van der Waals surface area (Å²) in [6, 6.07) is 9.64. The first-order valence-corrected chi connectivity index (χ1v) is 10.9. The largest absolute Gasteiger partial charge is 0.507 e. The molecule has 0 bridgehead atoms. The van der Waals surface area contributed by atoms with Crippen molar-refractivity contribution in [3.63, 3.8) is 0 Å². The van der Waals surface area contributed by atoms with Gasteiger partial charge in [-0.25, -0.2) is 4.79 Å². The van der Waals surface area contributed by atoms with Gasteiger partial charge in [-0.15, -0.1) is 0 Å². The summed E-state index contributed by atoms with van der Waals surface area (Å²) in [5.41, 5.74) is 2.55. The van der Waals surface area contributed by atoms with Crippen LogP contribution >= 0.6 is 0 Å². The second kappa shape index (κ2) is 9.46. The molecule has 1 atom stereocenters. The molecule has 1 saturated heterocycles. The smallest absolute Gasteiger partial charge is 0.354 e. The van der Waals surface area contributed by atoms with Gasteiger partial charge >= 0.3 is 5.97 Å². The Kier molecular flexibility index (Phi) is 6.42. The first-order chi connectivity index (χ1) is 16.8. The van der Waals surface area contributed by atoms with Gasteiger partial charge in [0.15, 0.2) is 0 Å². The average Bonchev–Trinajstić information content (AvgIpc) is 3.31. The summed E-state index contributed by atoms with van der Waals surface area (Å²) in [5, 5.41) is 11.4. The Balaban J connectivity index is 1.92. The third-order valence-corrected chi connectivity index (χ3v) is 6.09. The van der Waals surface area contributed by atoms with Crippen LogP contribution in [0.15, 0.2) is 54.4 Å². The summed E-state index contributed by atoms with van der Waals surface area (Å²) >= 11 is 0. The number of benzene rings is 1. The third-order valence-electron chi connectivity index (χ3n) is 6.09. The molecule has 35 heavy (non-hydrogen) atoms. The zero-order valence-corrected chi connectivity index (χ0v) is 19.8. The molecule has 4 rings (SSSR count). The lowest BCUT2D eigenvalue weighted by Gasteiger charge is -2.25. The van der Waals surface area contributed by atoms with E-state index in [2.05, 4.69) is 9.97 Å². The van der Waals surface area contributed by atoms with Crippen LogP contribution < -0.4 is 4.74 Å². The first-order valence-electron chi connectivity index (χ1n) is 10.9. The molecule has 1 fully saturated rings. The van der Waals surface area contributed by atoms with Crippen LogP contribution in [0.2, 0.25) is 0 Å². The van der Waals surface area contributed by atoms with Crippen molar-refractivity contribution in [1.29, 1.82) is 0 Å². The van der Waals surface area contributed by atoms with E-state index in [1.807, 2.05) is 0 Å². The van der Waals surface area contributed by atoms with Crippen molar-refractivity contribution in [3.8, 4) is 5.75 Å². The van der Waals surface area contributed by atoms with Crippen molar-refractivity contribution in [2.24, 2.45) is 0 Å². The molecule has 1 aromatic carbocycles. The van der Waals surface area contributed by atoms with Crippen molar-refractivity contribution in [3.05, 3.63) is 88.0 Å². The molecule has 0 saturated carbocycles. The quantitative estimate of drug-likeness (QED) is 0.242. The molecule has 180 valence electrons. The number of aliphatic hydroxyl groups excluding tert-OH is 1. The fourth-order valence-corrected chi connectivity index (χ4v) is 4.44. The number of amides is 1. The van der Waals surface area contributed by atoms with E-state index >= 15 is 0 Å². The molecule has 0 radical (unpaired) electrons. The van der Waals surface area contributed by atoms with Crippen molar-refractivity contribution in [2.45, 2.75) is 26.4 Å². The molecule has 3 aromatic rings. The maximum absolute atomic E-state index is 13.3. The minimum atomic E-state index is -0.888. The number of aromatic nitrogens is 2. The monoisotopic (exact) mass is 475 g/mol. The fraction of sp³-hybridized carbons (Fsp3) is 0.231. The van der Waals surface area contributed by atoms with Crippen LogP contribution in [-0.2, 0) is 20.9 Å². The van der Waals surface area contributed by atoms with Crippen LogP contribution in [0.3, 0.4) is 0 Å². The Bertz CT molecular complexity index is 1340. The number of methoxy groups -OCH3 is 2. The van der Waals surface area contributed by atoms with Gasteiger partial charge in [-0.05, 0) is 48.7 Å². The number of likely N-dealkylation sites (tertiary alicyclic amines) is 1. The van der Waals surface area contributed by atoms with Gasteiger partial charge in [-0.3, -0.25) is 14.6 Å². The molecule has 1 aliphatic heterocycles. The Morgan fingerprint density at radius 2 is 1.94 bits per heavy atom. The van der Waals surface area contributed by atoms with Crippen LogP contribution in [0, 0.1) is 13.8 Å². The van der Waals surface area contributed by atoms with E-state index in [1.54, 1.807) is 62.6 Å². The molecule has 1 amide bonds. The minimum Gasteiger partial charge on any atom is -0.507 e. The standard InChI is InChI=1S/C26H25N3O6/c1-14-19(15(2)28-21(14)26(33)35-4)23(30)20-22(17-8-5-9-18(11-17)34-3)29(25(32)24(20)31)13-16-7-6-10-27-12-16/h5-12,22,28,30H,13H2,1-4H3/b23-20+/t22-/m0/s1. The number of H-pyrrole nitrogens is 1. The Hall–Kier alpha value is -4.40. The van der Waals surface area contributed by atoms with Crippen molar-refractivity contribution in [1.82, 2.24) is 14.9 Å². The van der Waals surface area contributed by atoms with Gasteiger partial charge in [0.2, 0.25) is 0 Å². The lowest BCUT2D eigenvalue weighted by Crippen LogP contribution is -2.29. The summed E-state index contributed by atoms with van der Waals surface area (Å²) < 4.78 is 10.2. The summed E-state index contributed by atoms with van der Waals surface area (Å²) in [4.78, 5) is 47.1. The van der Waals surface area contributed by atoms with E-state index in [-0.39, 0.29) is 29.1 Å². The highest BCUT2D eigenvalue weighted by Crippen LogP contribution is 2.42. The van der Waals surface area contributed by atoms with Gasteiger partial charge in [0.05, 0.1) is 25.8 Å². The number of carbonyl (C=O) groups excluding carboxylic acids is 3. The summed E-state index contributed by atoms with van der Waals surface area (Å²) in [7, 11) is 2.77. The van der Waals surface area contributed by atoms with Gasteiger partial charge in [0, 0.05) is 30.2 Å². The van der Waals surface area contributed by atoms with Crippen LogP contribution in [0.5, 0.6) is 5.75 Å². The number of hydrogen-bond acceptors (Lipinski definition) is 7. The molecule has 2 aromatic heterocycles. The van der Waals surface area contributed by atoms with Gasteiger partial charge in [-0.1, -0.05) is 18.2 Å².